The summed E-state index contributed by atoms with van der Waals surface area (Å²) in [6.45, 7) is 10.2. The first-order valence-corrected chi connectivity index (χ1v) is 4.01. The van der Waals surface area contributed by atoms with Crippen LogP contribution in [0.2, 0.25) is 0 Å². The van der Waals surface area contributed by atoms with Crippen LogP contribution in [0.1, 0.15) is 34.1 Å². The van der Waals surface area contributed by atoms with E-state index < -0.39 is 0 Å². The van der Waals surface area contributed by atoms with Crippen LogP contribution in [0.3, 0.4) is 0 Å². The molecule has 0 bridgehead atoms. The summed E-state index contributed by atoms with van der Waals surface area (Å²) in [5.74, 6) is 0. The van der Waals surface area contributed by atoms with E-state index in [1.807, 2.05) is 0 Å². The second-order valence-electron chi connectivity index (χ2n) is 4.63. The van der Waals surface area contributed by atoms with Crippen molar-refractivity contribution in [2.45, 2.75) is 39.7 Å². The van der Waals surface area contributed by atoms with E-state index in [9.17, 15) is 0 Å². The standard InChI is InChI=1S/C9H18N/c1-8(2)5-6-9(3,4)10-7-8/h5,10H,6-7H2,1-4H3. The van der Waals surface area contributed by atoms with E-state index in [0.717, 1.165) is 6.54 Å². The lowest BCUT2D eigenvalue weighted by atomic mass is 9.78. The molecule has 1 aliphatic heterocycles. The molecule has 1 fully saturated rings. The minimum Gasteiger partial charge on any atom is -0.311 e. The molecule has 0 spiro atoms. The number of nitrogens with one attached hydrogen (secondary N) is 1. The van der Waals surface area contributed by atoms with Gasteiger partial charge in [0.2, 0.25) is 0 Å². The first-order chi connectivity index (χ1) is 4.41. The van der Waals surface area contributed by atoms with Gasteiger partial charge in [-0.3, -0.25) is 0 Å². The van der Waals surface area contributed by atoms with Gasteiger partial charge in [-0.05, 0) is 32.1 Å². The van der Waals surface area contributed by atoms with Gasteiger partial charge in [0, 0.05) is 12.1 Å². The molecule has 1 radical (unpaired) electrons. The normalized spacial score (nSPS) is 30.0. The van der Waals surface area contributed by atoms with Gasteiger partial charge in [-0.15, -0.1) is 0 Å². The van der Waals surface area contributed by atoms with Crippen LogP contribution in [0, 0.1) is 11.8 Å². The lowest BCUT2D eigenvalue weighted by Crippen LogP contribution is -2.49. The van der Waals surface area contributed by atoms with Crippen molar-refractivity contribution in [2.24, 2.45) is 5.41 Å². The molecule has 0 amide bonds. The largest absolute Gasteiger partial charge is 0.311 e. The fourth-order valence-electron chi connectivity index (χ4n) is 1.14. The highest BCUT2D eigenvalue weighted by molar-refractivity contribution is 4.99. The van der Waals surface area contributed by atoms with Gasteiger partial charge < -0.3 is 5.32 Å². The summed E-state index contributed by atoms with van der Waals surface area (Å²) < 4.78 is 0. The summed E-state index contributed by atoms with van der Waals surface area (Å²) in [4.78, 5) is 0. The SMILES string of the molecule is CC1(C)[CH]CC(C)(C)NC1. The van der Waals surface area contributed by atoms with Crippen molar-refractivity contribution < 1.29 is 0 Å². The highest BCUT2D eigenvalue weighted by atomic mass is 15.0. The van der Waals surface area contributed by atoms with Crippen molar-refractivity contribution in [3.8, 4) is 0 Å². The average molecular weight is 140 g/mol. The Balaban J connectivity index is 2.46. The monoisotopic (exact) mass is 140 g/mol. The van der Waals surface area contributed by atoms with Gasteiger partial charge in [0.15, 0.2) is 0 Å². The molecule has 1 aliphatic rings. The third-order valence-electron chi connectivity index (χ3n) is 2.19. The molecule has 1 rings (SSSR count). The molecular weight excluding hydrogens is 122 g/mol. The molecule has 0 aliphatic carbocycles. The minimum absolute atomic E-state index is 0.329. The zero-order chi connectivity index (χ0) is 7.83. The predicted molar refractivity (Wildman–Crippen MR) is 44.8 cm³/mol. The number of hydrogen-bond donors (Lipinski definition) is 1. The molecule has 0 aromatic carbocycles. The number of rotatable bonds is 0. The van der Waals surface area contributed by atoms with Gasteiger partial charge >= 0.3 is 0 Å². The van der Waals surface area contributed by atoms with Crippen LogP contribution >= 0.6 is 0 Å². The Bertz CT molecular complexity index is 96.7. The van der Waals surface area contributed by atoms with E-state index in [4.69, 9.17) is 0 Å². The quantitative estimate of drug-likeness (QED) is 0.542. The average Bonchev–Trinajstić information content (AvgIpc) is 1.79. The zero-order valence-corrected chi connectivity index (χ0v) is 7.49. The van der Waals surface area contributed by atoms with Gasteiger partial charge in [0.05, 0.1) is 0 Å². The summed E-state index contributed by atoms with van der Waals surface area (Å²) in [6, 6.07) is 0. The number of piperidine rings is 1. The van der Waals surface area contributed by atoms with Crippen molar-refractivity contribution in [3.63, 3.8) is 0 Å². The molecule has 0 saturated carbocycles. The van der Waals surface area contributed by atoms with Crippen molar-refractivity contribution in [1.29, 1.82) is 0 Å². The Labute approximate surface area is 64.2 Å². The lowest BCUT2D eigenvalue weighted by molar-refractivity contribution is 0.240. The molecule has 59 valence electrons. The lowest BCUT2D eigenvalue weighted by Gasteiger charge is -2.40. The van der Waals surface area contributed by atoms with Crippen LogP contribution in [0.4, 0.5) is 0 Å². The summed E-state index contributed by atoms with van der Waals surface area (Å²) in [5.41, 5.74) is 0.727. The van der Waals surface area contributed by atoms with Crippen molar-refractivity contribution >= 4 is 0 Å². The van der Waals surface area contributed by atoms with E-state index in [2.05, 4.69) is 39.4 Å². The van der Waals surface area contributed by atoms with Crippen molar-refractivity contribution in [2.75, 3.05) is 6.54 Å². The number of hydrogen-bond acceptors (Lipinski definition) is 1. The second-order valence-corrected chi connectivity index (χ2v) is 4.63. The van der Waals surface area contributed by atoms with E-state index in [0.29, 0.717) is 11.0 Å². The minimum atomic E-state index is 0.329. The van der Waals surface area contributed by atoms with E-state index >= 15 is 0 Å². The summed E-state index contributed by atoms with van der Waals surface area (Å²) in [7, 11) is 0. The molecule has 1 N–H and O–H groups in total. The Hall–Kier alpha value is -0.0400. The van der Waals surface area contributed by atoms with Crippen LogP contribution < -0.4 is 5.32 Å². The van der Waals surface area contributed by atoms with Gasteiger partial charge in [0.1, 0.15) is 0 Å². The van der Waals surface area contributed by atoms with Crippen LogP contribution in [-0.2, 0) is 0 Å². The fourth-order valence-corrected chi connectivity index (χ4v) is 1.14. The predicted octanol–water partition coefficient (Wildman–Crippen LogP) is 1.99. The molecule has 0 aromatic rings. The van der Waals surface area contributed by atoms with E-state index in [1.54, 1.807) is 0 Å². The molecule has 1 heterocycles. The molecule has 0 atom stereocenters. The first kappa shape index (κ1) is 8.06. The topological polar surface area (TPSA) is 12.0 Å². The van der Waals surface area contributed by atoms with Crippen LogP contribution in [0.15, 0.2) is 0 Å². The zero-order valence-electron chi connectivity index (χ0n) is 7.49. The molecule has 1 saturated heterocycles. The highest BCUT2D eigenvalue weighted by Crippen LogP contribution is 2.29. The van der Waals surface area contributed by atoms with Crippen molar-refractivity contribution in [1.82, 2.24) is 5.32 Å². The molecule has 0 unspecified atom stereocenters. The summed E-state index contributed by atoms with van der Waals surface area (Å²) in [5, 5.41) is 3.52. The maximum atomic E-state index is 3.52. The summed E-state index contributed by atoms with van der Waals surface area (Å²) >= 11 is 0. The summed E-state index contributed by atoms with van der Waals surface area (Å²) in [6.07, 6.45) is 3.60. The maximum absolute atomic E-state index is 3.52. The van der Waals surface area contributed by atoms with Gasteiger partial charge in [-0.2, -0.15) is 0 Å². The smallest absolute Gasteiger partial charge is 0.0128 e. The Kier molecular flexibility index (Phi) is 1.80. The third-order valence-corrected chi connectivity index (χ3v) is 2.19. The van der Waals surface area contributed by atoms with Crippen LogP contribution in [0.5, 0.6) is 0 Å². The van der Waals surface area contributed by atoms with E-state index in [1.165, 1.54) is 6.42 Å². The molecule has 0 aromatic heterocycles. The molecular formula is C9H18N. The molecule has 10 heavy (non-hydrogen) atoms. The van der Waals surface area contributed by atoms with Gasteiger partial charge in [-0.25, -0.2) is 0 Å². The third kappa shape index (κ3) is 1.98. The van der Waals surface area contributed by atoms with Crippen LogP contribution in [-0.4, -0.2) is 12.1 Å². The Morgan fingerprint density at radius 2 is 1.80 bits per heavy atom. The Morgan fingerprint density at radius 1 is 1.20 bits per heavy atom. The highest BCUT2D eigenvalue weighted by Gasteiger charge is 2.30. The molecule has 1 heteroatoms. The second kappa shape index (κ2) is 2.23. The van der Waals surface area contributed by atoms with E-state index in [-0.39, 0.29) is 0 Å². The van der Waals surface area contributed by atoms with Crippen LogP contribution in [0.25, 0.3) is 0 Å². The fraction of sp³-hybridized carbons (Fsp3) is 0.889. The van der Waals surface area contributed by atoms with Gasteiger partial charge in [-0.1, -0.05) is 13.8 Å². The first-order valence-electron chi connectivity index (χ1n) is 4.01. The maximum Gasteiger partial charge on any atom is 0.0128 e. The van der Waals surface area contributed by atoms with Gasteiger partial charge in [0.25, 0.3) is 0 Å². The Morgan fingerprint density at radius 3 is 2.10 bits per heavy atom. The van der Waals surface area contributed by atoms with Crippen molar-refractivity contribution in [3.05, 3.63) is 6.42 Å². The molecule has 1 nitrogen and oxygen atoms in total.